The third-order valence-corrected chi connectivity index (χ3v) is 5.94. The Balaban J connectivity index is 1.63. The third-order valence-electron chi connectivity index (χ3n) is 5.94. The number of imidazole rings is 1. The number of anilines is 2. The van der Waals surface area contributed by atoms with Gasteiger partial charge in [0.15, 0.2) is 5.65 Å². The maximum Gasteiger partial charge on any atom is 0.228 e. The van der Waals surface area contributed by atoms with Crippen LogP contribution in [0.1, 0.15) is 46.1 Å². The summed E-state index contributed by atoms with van der Waals surface area (Å²) in [5.74, 6) is 1.66. The molecule has 9 nitrogen and oxygen atoms in total. The standard InChI is InChI=1S/C21H28N8O/c1-12(2)6-13(3)29-11-25-19-18(16-7-24-17(22)8-23-16)26-21(27-20(19)29)28-9-14-4-5-15(10-28)30-14/h7-8,11-15H,4-6,9-10H2,1-3H3,(H2,22,24). The molecule has 2 bridgehead atoms. The van der Waals surface area contributed by atoms with Crippen molar-refractivity contribution in [3.63, 3.8) is 0 Å². The lowest BCUT2D eigenvalue weighted by Crippen LogP contribution is -2.43. The van der Waals surface area contributed by atoms with Gasteiger partial charge in [-0.2, -0.15) is 4.98 Å². The van der Waals surface area contributed by atoms with Gasteiger partial charge in [-0.3, -0.25) is 0 Å². The zero-order valence-electron chi connectivity index (χ0n) is 17.7. The van der Waals surface area contributed by atoms with Gasteiger partial charge in [0.2, 0.25) is 5.95 Å². The molecular formula is C21H28N8O. The predicted molar refractivity (Wildman–Crippen MR) is 115 cm³/mol. The smallest absolute Gasteiger partial charge is 0.228 e. The Bertz CT molecular complexity index is 1040. The average molecular weight is 409 g/mol. The Hall–Kier alpha value is -2.81. The lowest BCUT2D eigenvalue weighted by atomic mass is 10.1. The number of morpholine rings is 1. The molecule has 0 amide bonds. The van der Waals surface area contributed by atoms with E-state index in [4.69, 9.17) is 20.4 Å². The molecule has 0 radical (unpaired) electrons. The molecule has 30 heavy (non-hydrogen) atoms. The molecule has 2 fully saturated rings. The van der Waals surface area contributed by atoms with E-state index in [1.165, 1.54) is 0 Å². The van der Waals surface area contributed by atoms with Crippen LogP contribution in [0.4, 0.5) is 11.8 Å². The van der Waals surface area contributed by atoms with E-state index in [-0.39, 0.29) is 18.2 Å². The maximum absolute atomic E-state index is 6.00. The van der Waals surface area contributed by atoms with Gasteiger partial charge in [-0.1, -0.05) is 13.8 Å². The van der Waals surface area contributed by atoms with E-state index < -0.39 is 0 Å². The highest BCUT2D eigenvalue weighted by atomic mass is 16.5. The second-order valence-corrected chi connectivity index (χ2v) is 8.86. The second-order valence-electron chi connectivity index (χ2n) is 8.86. The van der Waals surface area contributed by atoms with Crippen LogP contribution in [0, 0.1) is 5.92 Å². The minimum Gasteiger partial charge on any atom is -0.382 e. The molecule has 2 N–H and O–H groups in total. The van der Waals surface area contributed by atoms with Gasteiger partial charge in [-0.05, 0) is 32.1 Å². The van der Waals surface area contributed by atoms with E-state index in [2.05, 4.69) is 45.2 Å². The number of rotatable bonds is 5. The van der Waals surface area contributed by atoms with Gasteiger partial charge in [-0.15, -0.1) is 0 Å². The van der Waals surface area contributed by atoms with Crippen molar-refractivity contribution in [3.05, 3.63) is 18.7 Å². The van der Waals surface area contributed by atoms with Crippen molar-refractivity contribution in [2.24, 2.45) is 5.92 Å². The molecular weight excluding hydrogens is 380 g/mol. The molecule has 5 heterocycles. The van der Waals surface area contributed by atoms with Gasteiger partial charge in [0.25, 0.3) is 0 Å². The molecule has 3 atom stereocenters. The number of ether oxygens (including phenoxy) is 1. The fourth-order valence-electron chi connectivity index (χ4n) is 4.58. The zero-order chi connectivity index (χ0) is 20.8. The first-order valence-electron chi connectivity index (χ1n) is 10.7. The minimum absolute atomic E-state index is 0.257. The SMILES string of the molecule is CC(C)CC(C)n1cnc2c(-c3cnc(N)cn3)nc(N3CC4CCC(C3)O4)nc21. The quantitative estimate of drug-likeness (QED) is 0.687. The molecule has 2 aliphatic heterocycles. The van der Waals surface area contributed by atoms with E-state index in [0.717, 1.165) is 43.5 Å². The van der Waals surface area contributed by atoms with Crippen molar-refractivity contribution in [2.45, 2.75) is 58.3 Å². The van der Waals surface area contributed by atoms with Crippen LogP contribution in [0.3, 0.4) is 0 Å². The molecule has 5 rings (SSSR count). The highest BCUT2D eigenvalue weighted by molar-refractivity contribution is 5.87. The van der Waals surface area contributed by atoms with Crippen LogP contribution >= 0.6 is 0 Å². The molecule has 3 unspecified atom stereocenters. The van der Waals surface area contributed by atoms with Crippen LogP contribution in [0.25, 0.3) is 22.6 Å². The summed E-state index contributed by atoms with van der Waals surface area (Å²) in [5.41, 5.74) is 8.66. The second kappa shape index (κ2) is 7.46. The summed E-state index contributed by atoms with van der Waals surface area (Å²) in [6, 6.07) is 0.281. The number of hydrogen-bond acceptors (Lipinski definition) is 8. The topological polar surface area (TPSA) is 108 Å². The summed E-state index contributed by atoms with van der Waals surface area (Å²) >= 11 is 0. The van der Waals surface area contributed by atoms with Gasteiger partial charge >= 0.3 is 0 Å². The Morgan fingerprint density at radius 3 is 2.50 bits per heavy atom. The predicted octanol–water partition coefficient (Wildman–Crippen LogP) is 2.84. The van der Waals surface area contributed by atoms with Crippen molar-refractivity contribution in [1.82, 2.24) is 29.5 Å². The molecule has 0 aliphatic carbocycles. The van der Waals surface area contributed by atoms with Crippen molar-refractivity contribution in [3.8, 4) is 11.4 Å². The van der Waals surface area contributed by atoms with E-state index in [1.54, 1.807) is 12.4 Å². The fraction of sp³-hybridized carbons (Fsp3) is 0.571. The van der Waals surface area contributed by atoms with Gasteiger partial charge in [-0.25, -0.2) is 19.9 Å². The highest BCUT2D eigenvalue weighted by Crippen LogP contribution is 2.32. The van der Waals surface area contributed by atoms with Crippen molar-refractivity contribution < 1.29 is 4.74 Å². The lowest BCUT2D eigenvalue weighted by Gasteiger charge is -2.32. The monoisotopic (exact) mass is 408 g/mol. The molecule has 2 aliphatic rings. The maximum atomic E-state index is 6.00. The van der Waals surface area contributed by atoms with Crippen molar-refractivity contribution in [1.29, 1.82) is 0 Å². The normalized spacial score (nSPS) is 22.2. The Labute approximate surface area is 175 Å². The first-order valence-corrected chi connectivity index (χ1v) is 10.7. The van der Waals surface area contributed by atoms with E-state index in [1.807, 2.05) is 6.33 Å². The Kier molecular flexibility index (Phi) is 4.77. The molecule has 0 saturated carbocycles. The number of fused-ring (bicyclic) bond motifs is 3. The summed E-state index contributed by atoms with van der Waals surface area (Å²) in [6.07, 6.45) is 8.83. The van der Waals surface area contributed by atoms with Crippen LogP contribution < -0.4 is 10.6 Å². The van der Waals surface area contributed by atoms with Crippen molar-refractivity contribution in [2.75, 3.05) is 23.7 Å². The number of nitrogen functional groups attached to an aromatic ring is 1. The average Bonchev–Trinajstić information content (AvgIpc) is 3.30. The molecule has 0 spiro atoms. The lowest BCUT2D eigenvalue weighted by molar-refractivity contribution is 0.0299. The molecule has 9 heteroatoms. The summed E-state index contributed by atoms with van der Waals surface area (Å²) in [7, 11) is 0. The summed E-state index contributed by atoms with van der Waals surface area (Å²) in [5, 5.41) is 0. The van der Waals surface area contributed by atoms with E-state index in [0.29, 0.717) is 29.1 Å². The van der Waals surface area contributed by atoms with Gasteiger partial charge in [0, 0.05) is 19.1 Å². The first kappa shape index (κ1) is 19.2. The van der Waals surface area contributed by atoms with Crippen LogP contribution in [0.2, 0.25) is 0 Å². The largest absolute Gasteiger partial charge is 0.382 e. The zero-order valence-corrected chi connectivity index (χ0v) is 17.7. The van der Waals surface area contributed by atoms with Crippen LogP contribution in [-0.2, 0) is 4.74 Å². The van der Waals surface area contributed by atoms with Crippen LogP contribution in [0.15, 0.2) is 18.7 Å². The van der Waals surface area contributed by atoms with Crippen LogP contribution in [-0.4, -0.2) is 54.8 Å². The molecule has 158 valence electrons. The van der Waals surface area contributed by atoms with E-state index >= 15 is 0 Å². The van der Waals surface area contributed by atoms with Crippen molar-refractivity contribution >= 4 is 22.9 Å². The first-order chi connectivity index (χ1) is 14.5. The summed E-state index contributed by atoms with van der Waals surface area (Å²) in [6.45, 7) is 8.29. The fourth-order valence-corrected chi connectivity index (χ4v) is 4.58. The third kappa shape index (κ3) is 3.47. The number of nitrogens with two attached hydrogens (primary N) is 1. The highest BCUT2D eigenvalue weighted by Gasteiger charge is 2.35. The Morgan fingerprint density at radius 1 is 1.07 bits per heavy atom. The minimum atomic E-state index is 0.257. The molecule has 3 aromatic heterocycles. The molecule has 3 aromatic rings. The number of aromatic nitrogens is 6. The van der Waals surface area contributed by atoms with Crippen LogP contribution in [0.5, 0.6) is 0 Å². The summed E-state index contributed by atoms with van der Waals surface area (Å²) < 4.78 is 8.16. The Morgan fingerprint density at radius 2 is 1.83 bits per heavy atom. The molecule has 0 aromatic carbocycles. The van der Waals surface area contributed by atoms with E-state index in [9.17, 15) is 0 Å². The van der Waals surface area contributed by atoms with Gasteiger partial charge < -0.3 is 19.9 Å². The summed E-state index contributed by atoms with van der Waals surface area (Å²) in [4.78, 5) is 25.4. The number of nitrogens with zero attached hydrogens (tertiary/aromatic N) is 7. The number of hydrogen-bond donors (Lipinski definition) is 1. The van der Waals surface area contributed by atoms with Gasteiger partial charge in [0.1, 0.15) is 22.7 Å². The van der Waals surface area contributed by atoms with Gasteiger partial charge in [0.05, 0.1) is 30.9 Å². The molecule has 2 saturated heterocycles.